The van der Waals surface area contributed by atoms with Crippen molar-refractivity contribution in [1.82, 2.24) is 10.2 Å². The third-order valence-electron chi connectivity index (χ3n) is 2.94. The molecule has 1 aromatic heterocycles. The first-order valence-corrected chi connectivity index (χ1v) is 6.32. The standard InChI is InChI=1S/C10H16N4OS/c1-7-13-14-9(16-7)12-8(15)10(11)5-3-2-4-6-10/h2-6,11H2,1H3,(H,12,14,15). The molecule has 6 heteroatoms. The molecule has 3 N–H and O–H groups in total. The van der Waals surface area contributed by atoms with E-state index in [2.05, 4.69) is 15.5 Å². The number of amides is 1. The highest BCUT2D eigenvalue weighted by Crippen LogP contribution is 2.27. The number of nitrogens with one attached hydrogen (secondary N) is 1. The first-order valence-electron chi connectivity index (χ1n) is 5.51. The SMILES string of the molecule is Cc1nnc(NC(=O)C2(N)CCCCC2)s1. The number of hydrogen-bond donors (Lipinski definition) is 2. The van der Waals surface area contributed by atoms with Crippen LogP contribution in [-0.4, -0.2) is 21.6 Å². The van der Waals surface area contributed by atoms with Crippen molar-refractivity contribution in [1.29, 1.82) is 0 Å². The molecule has 0 atom stereocenters. The second kappa shape index (κ2) is 4.47. The Hall–Kier alpha value is -1.01. The fourth-order valence-corrected chi connectivity index (χ4v) is 2.57. The molecule has 1 fully saturated rings. The van der Waals surface area contributed by atoms with Gasteiger partial charge >= 0.3 is 0 Å². The predicted molar refractivity (Wildman–Crippen MR) is 63.3 cm³/mol. The lowest BCUT2D eigenvalue weighted by atomic mass is 9.82. The number of carbonyl (C=O) groups is 1. The third kappa shape index (κ3) is 2.38. The first kappa shape index (κ1) is 11.5. The summed E-state index contributed by atoms with van der Waals surface area (Å²) in [5.74, 6) is -0.122. The van der Waals surface area contributed by atoms with Crippen LogP contribution in [0.25, 0.3) is 0 Å². The van der Waals surface area contributed by atoms with Crippen LogP contribution < -0.4 is 11.1 Å². The zero-order chi connectivity index (χ0) is 11.6. The molecule has 0 spiro atoms. The van der Waals surface area contributed by atoms with Gasteiger partial charge in [0, 0.05) is 0 Å². The van der Waals surface area contributed by atoms with Gasteiger partial charge in [0.1, 0.15) is 5.01 Å². The van der Waals surface area contributed by atoms with Crippen LogP contribution in [0.3, 0.4) is 0 Å². The van der Waals surface area contributed by atoms with Crippen LogP contribution in [0.15, 0.2) is 0 Å². The maximum Gasteiger partial charge on any atom is 0.246 e. The molecule has 0 unspecified atom stereocenters. The first-order chi connectivity index (χ1) is 7.60. The van der Waals surface area contributed by atoms with Crippen LogP contribution in [0.5, 0.6) is 0 Å². The number of nitrogens with zero attached hydrogens (tertiary/aromatic N) is 2. The van der Waals surface area contributed by atoms with Crippen molar-refractivity contribution in [2.75, 3.05) is 5.32 Å². The number of anilines is 1. The predicted octanol–water partition coefficient (Wildman–Crippen LogP) is 1.45. The zero-order valence-corrected chi connectivity index (χ0v) is 10.1. The van der Waals surface area contributed by atoms with E-state index in [1.165, 1.54) is 17.8 Å². The van der Waals surface area contributed by atoms with Crippen LogP contribution in [-0.2, 0) is 4.79 Å². The number of rotatable bonds is 2. The maximum atomic E-state index is 12.0. The molecule has 1 aromatic rings. The van der Waals surface area contributed by atoms with Gasteiger partial charge in [-0.15, -0.1) is 10.2 Å². The average molecular weight is 240 g/mol. The monoisotopic (exact) mass is 240 g/mol. The Bertz CT molecular complexity index is 384. The van der Waals surface area contributed by atoms with Crippen molar-refractivity contribution in [3.8, 4) is 0 Å². The second-order valence-corrected chi connectivity index (χ2v) is 5.48. The summed E-state index contributed by atoms with van der Waals surface area (Å²) in [5.41, 5.74) is 5.39. The summed E-state index contributed by atoms with van der Waals surface area (Å²) >= 11 is 1.37. The summed E-state index contributed by atoms with van der Waals surface area (Å²) in [6.07, 6.45) is 4.75. The largest absolute Gasteiger partial charge is 0.317 e. The number of carbonyl (C=O) groups excluding carboxylic acids is 1. The van der Waals surface area contributed by atoms with Crippen molar-refractivity contribution in [3.63, 3.8) is 0 Å². The number of aromatic nitrogens is 2. The molecule has 1 amide bonds. The highest BCUT2D eigenvalue weighted by molar-refractivity contribution is 7.15. The molecule has 88 valence electrons. The van der Waals surface area contributed by atoms with Gasteiger partial charge in [0.25, 0.3) is 0 Å². The van der Waals surface area contributed by atoms with Crippen molar-refractivity contribution in [3.05, 3.63) is 5.01 Å². The molecule has 0 bridgehead atoms. The summed E-state index contributed by atoms with van der Waals surface area (Å²) < 4.78 is 0. The van der Waals surface area contributed by atoms with Gasteiger partial charge in [0.2, 0.25) is 11.0 Å². The highest BCUT2D eigenvalue weighted by Gasteiger charge is 2.35. The van der Waals surface area contributed by atoms with Gasteiger partial charge in [-0.2, -0.15) is 0 Å². The fourth-order valence-electron chi connectivity index (χ4n) is 1.98. The molecule has 1 aliphatic carbocycles. The van der Waals surface area contributed by atoms with Crippen LogP contribution >= 0.6 is 11.3 Å². The van der Waals surface area contributed by atoms with Gasteiger partial charge in [-0.3, -0.25) is 10.1 Å². The van der Waals surface area contributed by atoms with Gasteiger partial charge in [0.15, 0.2) is 0 Å². The van der Waals surface area contributed by atoms with E-state index in [0.29, 0.717) is 5.13 Å². The van der Waals surface area contributed by atoms with E-state index in [0.717, 1.165) is 30.7 Å². The fraction of sp³-hybridized carbons (Fsp3) is 0.700. The Morgan fingerprint density at radius 2 is 2.06 bits per heavy atom. The van der Waals surface area contributed by atoms with Gasteiger partial charge < -0.3 is 5.73 Å². The Kier molecular flexibility index (Phi) is 3.20. The van der Waals surface area contributed by atoms with E-state index < -0.39 is 5.54 Å². The topological polar surface area (TPSA) is 80.9 Å². The van der Waals surface area contributed by atoms with E-state index in [9.17, 15) is 4.79 Å². The van der Waals surface area contributed by atoms with Crippen LogP contribution in [0.2, 0.25) is 0 Å². The summed E-state index contributed by atoms with van der Waals surface area (Å²) in [6.45, 7) is 1.85. The summed E-state index contributed by atoms with van der Waals surface area (Å²) in [5, 5.41) is 11.8. The minimum absolute atomic E-state index is 0.122. The molecule has 0 saturated heterocycles. The molecule has 5 nitrogen and oxygen atoms in total. The van der Waals surface area contributed by atoms with E-state index in [4.69, 9.17) is 5.73 Å². The van der Waals surface area contributed by atoms with Crippen molar-refractivity contribution in [2.45, 2.75) is 44.6 Å². The summed E-state index contributed by atoms with van der Waals surface area (Å²) in [6, 6.07) is 0. The van der Waals surface area contributed by atoms with Crippen molar-refractivity contribution in [2.24, 2.45) is 5.73 Å². The lowest BCUT2D eigenvalue weighted by Gasteiger charge is -2.31. The smallest absolute Gasteiger partial charge is 0.246 e. The van der Waals surface area contributed by atoms with E-state index in [-0.39, 0.29) is 5.91 Å². The van der Waals surface area contributed by atoms with Gasteiger partial charge in [-0.05, 0) is 19.8 Å². The van der Waals surface area contributed by atoms with Gasteiger partial charge in [-0.1, -0.05) is 30.6 Å². The molecule has 0 aliphatic heterocycles. The molecule has 0 aromatic carbocycles. The van der Waals surface area contributed by atoms with E-state index >= 15 is 0 Å². The molecular formula is C10H16N4OS. The van der Waals surface area contributed by atoms with Crippen molar-refractivity contribution >= 4 is 22.4 Å². The lowest BCUT2D eigenvalue weighted by Crippen LogP contribution is -2.52. The van der Waals surface area contributed by atoms with E-state index in [1.807, 2.05) is 6.92 Å². The molecule has 1 aliphatic rings. The Morgan fingerprint density at radius 3 is 2.62 bits per heavy atom. The van der Waals surface area contributed by atoms with Gasteiger partial charge in [0.05, 0.1) is 5.54 Å². The number of hydrogen-bond acceptors (Lipinski definition) is 5. The number of aryl methyl sites for hydroxylation is 1. The molecule has 16 heavy (non-hydrogen) atoms. The molecule has 1 saturated carbocycles. The second-order valence-electron chi connectivity index (χ2n) is 4.30. The van der Waals surface area contributed by atoms with Gasteiger partial charge in [-0.25, -0.2) is 0 Å². The highest BCUT2D eigenvalue weighted by atomic mass is 32.1. The van der Waals surface area contributed by atoms with Crippen molar-refractivity contribution < 1.29 is 4.79 Å². The maximum absolute atomic E-state index is 12.0. The number of nitrogens with two attached hydrogens (primary N) is 1. The molecule has 1 heterocycles. The minimum Gasteiger partial charge on any atom is -0.317 e. The molecular weight excluding hydrogens is 224 g/mol. The van der Waals surface area contributed by atoms with Crippen LogP contribution in [0.4, 0.5) is 5.13 Å². The third-order valence-corrected chi connectivity index (χ3v) is 3.70. The molecule has 2 rings (SSSR count). The Labute approximate surface area is 98.4 Å². The summed E-state index contributed by atoms with van der Waals surface area (Å²) in [4.78, 5) is 12.0. The Morgan fingerprint density at radius 1 is 1.38 bits per heavy atom. The Balaban J connectivity index is 2.01. The minimum atomic E-state index is -0.710. The lowest BCUT2D eigenvalue weighted by molar-refractivity contribution is -0.122. The quantitative estimate of drug-likeness (QED) is 0.819. The van der Waals surface area contributed by atoms with E-state index in [1.54, 1.807) is 0 Å². The summed E-state index contributed by atoms with van der Waals surface area (Å²) in [7, 11) is 0. The average Bonchev–Trinajstić information content (AvgIpc) is 2.65. The normalized spacial score (nSPS) is 19.4. The molecule has 0 radical (unpaired) electrons. The van der Waals surface area contributed by atoms with Crippen LogP contribution in [0, 0.1) is 6.92 Å². The zero-order valence-electron chi connectivity index (χ0n) is 9.32. The van der Waals surface area contributed by atoms with Crippen LogP contribution in [0.1, 0.15) is 37.1 Å².